The van der Waals surface area contributed by atoms with Crippen molar-refractivity contribution in [2.45, 2.75) is 70.9 Å². The quantitative estimate of drug-likeness (QED) is 0.0628. The maximum atomic E-state index is 13.9. The molecule has 0 heterocycles. The molecule has 374 valence electrons. The molecular weight excluding hydrogens is 878 g/mol. The number of hydrogen-bond acceptors (Lipinski definition) is 16. The van der Waals surface area contributed by atoms with Crippen molar-refractivity contribution in [1.29, 1.82) is 0 Å². The Hall–Kier alpha value is -2.27. The summed E-state index contributed by atoms with van der Waals surface area (Å²) < 4.78 is 175. The number of halogens is 8. The number of ketones is 2. The Morgan fingerprint density at radius 1 is 0.381 bits per heavy atom. The van der Waals surface area contributed by atoms with Crippen LogP contribution in [0.2, 0.25) is 0 Å². The number of alkyl halides is 8. The van der Waals surface area contributed by atoms with Gasteiger partial charge < -0.3 is 61.8 Å². The SMILES string of the molecule is CCN(CC)C(=O)C(F)(F)OC(F)(F)C(F)(F)OC(F)(F)C(=O)CCCOCCOCCOCCOCCOCCOCCOCCOCCOCCOCCOCCCC(C)=O. The monoisotopic (exact) mass is 943 g/mol. The first-order valence-corrected chi connectivity index (χ1v) is 20.5. The summed E-state index contributed by atoms with van der Waals surface area (Å²) in [6.07, 6.45) is -24.3. The first-order chi connectivity index (χ1) is 29.9. The van der Waals surface area contributed by atoms with Crippen molar-refractivity contribution >= 4 is 17.5 Å². The predicted molar refractivity (Wildman–Crippen MR) is 203 cm³/mol. The fraction of sp³-hybridized carbons (Fsp3) is 0.921. The minimum atomic E-state index is -6.45. The molecule has 0 spiro atoms. The van der Waals surface area contributed by atoms with E-state index in [4.69, 9.17) is 52.1 Å². The molecule has 0 atom stereocenters. The molecule has 1 amide bonds. The highest BCUT2D eigenvalue weighted by Gasteiger charge is 2.69. The summed E-state index contributed by atoms with van der Waals surface area (Å²) in [5, 5.41) is 0. The fourth-order valence-electron chi connectivity index (χ4n) is 4.44. The van der Waals surface area contributed by atoms with Gasteiger partial charge in [-0.3, -0.25) is 9.59 Å². The second-order valence-electron chi connectivity index (χ2n) is 12.8. The van der Waals surface area contributed by atoms with Gasteiger partial charge in [-0.15, -0.1) is 0 Å². The molecule has 0 aliphatic rings. The zero-order valence-electron chi connectivity index (χ0n) is 36.3. The largest absolute Gasteiger partial charge is 0.453 e. The Kier molecular flexibility index (Phi) is 35.6. The Morgan fingerprint density at radius 3 is 0.873 bits per heavy atom. The van der Waals surface area contributed by atoms with Crippen molar-refractivity contribution in [3.8, 4) is 0 Å². The fourth-order valence-corrected chi connectivity index (χ4v) is 4.44. The van der Waals surface area contributed by atoms with E-state index in [2.05, 4.69) is 9.47 Å². The van der Waals surface area contributed by atoms with E-state index in [0.29, 0.717) is 112 Å². The van der Waals surface area contributed by atoms with E-state index in [-0.39, 0.29) is 50.3 Å². The lowest BCUT2D eigenvalue weighted by Gasteiger charge is -2.31. The first-order valence-electron chi connectivity index (χ1n) is 20.5. The molecule has 0 saturated carbocycles. The van der Waals surface area contributed by atoms with Crippen LogP contribution in [0.3, 0.4) is 0 Å². The summed E-state index contributed by atoms with van der Waals surface area (Å²) in [6, 6.07) is 0. The topological polar surface area (TPSA) is 174 Å². The van der Waals surface area contributed by atoms with Gasteiger partial charge in [0.05, 0.1) is 132 Å². The molecule has 0 aromatic heterocycles. The molecule has 0 bridgehead atoms. The van der Waals surface area contributed by atoms with Crippen molar-refractivity contribution < 1.29 is 111 Å². The minimum absolute atomic E-state index is 0.0399. The highest BCUT2D eigenvalue weighted by Crippen LogP contribution is 2.44. The van der Waals surface area contributed by atoms with Crippen molar-refractivity contribution in [2.75, 3.05) is 158 Å². The summed E-state index contributed by atoms with van der Waals surface area (Å²) in [5.74, 6) is -4.63. The number of ether oxygens (including phenoxy) is 13. The maximum absolute atomic E-state index is 13.9. The summed E-state index contributed by atoms with van der Waals surface area (Å²) in [6.45, 7) is 10.1. The van der Waals surface area contributed by atoms with Gasteiger partial charge in [-0.2, -0.15) is 35.1 Å². The van der Waals surface area contributed by atoms with Crippen LogP contribution in [0.15, 0.2) is 0 Å². The lowest BCUT2D eigenvalue weighted by Crippen LogP contribution is -2.56. The van der Waals surface area contributed by atoms with Crippen LogP contribution in [0.4, 0.5) is 35.1 Å². The van der Waals surface area contributed by atoms with E-state index in [1.54, 1.807) is 6.92 Å². The Labute approximate surface area is 362 Å². The van der Waals surface area contributed by atoms with Crippen LogP contribution in [-0.4, -0.2) is 205 Å². The van der Waals surface area contributed by atoms with Gasteiger partial charge in [-0.1, -0.05) is 0 Å². The van der Waals surface area contributed by atoms with Crippen LogP contribution >= 0.6 is 0 Å². The standard InChI is InChI=1S/C38H65F8NO16/c1-4-47(5-2)34(50)36(41,42)63-38(45,46)37(43,44)62-35(39,40)33(49)9-7-11-52-13-15-54-17-19-56-21-23-58-25-27-60-29-31-61-30-28-59-26-24-57-22-20-55-18-16-53-14-12-51-10-6-8-32(3)48/h4-31H2,1-3H3. The lowest BCUT2D eigenvalue weighted by molar-refractivity contribution is -0.500. The highest BCUT2D eigenvalue weighted by molar-refractivity contribution is 5.84. The number of carbonyl (C=O) groups is 3. The smallest absolute Gasteiger partial charge is 0.379 e. The molecule has 0 radical (unpaired) electrons. The van der Waals surface area contributed by atoms with Crippen molar-refractivity contribution in [1.82, 2.24) is 4.90 Å². The lowest BCUT2D eigenvalue weighted by atomic mass is 10.2. The molecule has 0 aromatic rings. The number of carbonyl (C=O) groups excluding carboxylic acids is 3. The zero-order chi connectivity index (χ0) is 47.3. The van der Waals surface area contributed by atoms with Crippen molar-refractivity contribution in [3.63, 3.8) is 0 Å². The van der Waals surface area contributed by atoms with Gasteiger partial charge in [-0.05, 0) is 33.6 Å². The third kappa shape index (κ3) is 32.1. The van der Waals surface area contributed by atoms with Gasteiger partial charge in [-0.25, -0.2) is 9.47 Å². The van der Waals surface area contributed by atoms with Gasteiger partial charge in [0.15, 0.2) is 0 Å². The summed E-state index contributed by atoms with van der Waals surface area (Å²) >= 11 is 0. The molecule has 0 aromatic carbocycles. The maximum Gasteiger partial charge on any atom is 0.453 e. The van der Waals surface area contributed by atoms with Crippen LogP contribution < -0.4 is 0 Å². The van der Waals surface area contributed by atoms with Crippen LogP contribution in [0.5, 0.6) is 0 Å². The average Bonchev–Trinajstić information content (AvgIpc) is 3.21. The van der Waals surface area contributed by atoms with E-state index in [0.717, 1.165) is 6.42 Å². The van der Waals surface area contributed by atoms with E-state index < -0.39 is 62.1 Å². The molecule has 17 nitrogen and oxygen atoms in total. The molecule has 25 heteroatoms. The second-order valence-corrected chi connectivity index (χ2v) is 12.8. The van der Waals surface area contributed by atoms with Crippen molar-refractivity contribution in [3.05, 3.63) is 0 Å². The Bertz CT molecular complexity index is 1160. The number of rotatable bonds is 47. The first kappa shape index (κ1) is 60.7. The average molecular weight is 944 g/mol. The van der Waals surface area contributed by atoms with Crippen LogP contribution in [-0.2, 0) is 76.0 Å². The van der Waals surface area contributed by atoms with Gasteiger partial charge in [0.2, 0.25) is 5.78 Å². The molecule has 0 N–H and O–H groups in total. The van der Waals surface area contributed by atoms with E-state index in [1.807, 2.05) is 0 Å². The number of hydrogen-bond donors (Lipinski definition) is 0. The summed E-state index contributed by atoms with van der Waals surface area (Å²) in [4.78, 5) is 34.4. The molecule has 0 unspecified atom stereocenters. The second kappa shape index (κ2) is 36.9. The van der Waals surface area contributed by atoms with Crippen LogP contribution in [0.25, 0.3) is 0 Å². The molecule has 0 saturated heterocycles. The van der Waals surface area contributed by atoms with Crippen LogP contribution in [0.1, 0.15) is 46.5 Å². The number of nitrogens with zero attached hydrogens (tertiary/aromatic N) is 1. The Balaban J connectivity index is 3.61. The summed E-state index contributed by atoms with van der Waals surface area (Å²) in [7, 11) is 0. The van der Waals surface area contributed by atoms with Gasteiger partial charge in [0, 0.05) is 39.1 Å². The minimum Gasteiger partial charge on any atom is -0.379 e. The summed E-state index contributed by atoms with van der Waals surface area (Å²) in [5.41, 5.74) is 0. The normalized spacial score (nSPS) is 12.6. The number of Topliss-reactive ketones (excluding diaryl/α,β-unsaturated/α-hetero) is 2. The molecule has 63 heavy (non-hydrogen) atoms. The van der Waals surface area contributed by atoms with E-state index in [1.165, 1.54) is 13.8 Å². The highest BCUT2D eigenvalue weighted by atomic mass is 19.3. The molecule has 0 fully saturated rings. The molecular formula is C38H65F8NO16. The van der Waals surface area contributed by atoms with Crippen molar-refractivity contribution in [2.24, 2.45) is 0 Å². The van der Waals surface area contributed by atoms with Gasteiger partial charge >= 0.3 is 30.3 Å². The van der Waals surface area contributed by atoms with E-state index in [9.17, 15) is 49.5 Å². The Morgan fingerprint density at radius 2 is 0.619 bits per heavy atom. The third-order valence-electron chi connectivity index (χ3n) is 7.71. The third-order valence-corrected chi connectivity index (χ3v) is 7.71. The van der Waals surface area contributed by atoms with E-state index >= 15 is 0 Å². The van der Waals surface area contributed by atoms with Gasteiger partial charge in [0.25, 0.3) is 0 Å². The van der Waals surface area contributed by atoms with Gasteiger partial charge in [0.1, 0.15) is 5.78 Å². The molecule has 0 aliphatic heterocycles. The number of amides is 1. The predicted octanol–water partition coefficient (Wildman–Crippen LogP) is 4.16. The molecule has 0 rings (SSSR count). The zero-order valence-corrected chi connectivity index (χ0v) is 36.3. The number of likely N-dealkylation sites (N-methyl/N-ethyl adjacent to an activating group) is 1. The molecule has 0 aliphatic carbocycles. The van der Waals surface area contributed by atoms with Crippen LogP contribution in [0, 0.1) is 0 Å².